The van der Waals surface area contributed by atoms with Gasteiger partial charge in [-0.1, -0.05) is 0 Å². The van der Waals surface area contributed by atoms with Crippen LogP contribution in [-0.4, -0.2) is 102 Å². The Morgan fingerprint density at radius 2 is 1.19 bits per heavy atom. The molecule has 0 saturated carbocycles. The van der Waals surface area contributed by atoms with E-state index in [1.54, 1.807) is 13.8 Å². The smallest absolute Gasteiger partial charge is 0.324 e. The van der Waals surface area contributed by atoms with E-state index in [9.17, 15) is 9.13 Å². The van der Waals surface area contributed by atoms with Gasteiger partial charge in [0.25, 0.3) is 0 Å². The first-order valence-electron chi connectivity index (χ1n) is 3.84. The average Bonchev–Trinajstić information content (AvgIpc) is 1.78. The number of hydrogen-bond acceptors (Lipinski definition) is 3. The van der Waals surface area contributed by atoms with Crippen molar-refractivity contribution in [3.63, 3.8) is 0 Å². The fourth-order valence-corrected chi connectivity index (χ4v) is 2.80. The van der Waals surface area contributed by atoms with Crippen LogP contribution < -0.4 is 0 Å². The maximum absolute atomic E-state index is 10.6. The van der Waals surface area contributed by atoms with Gasteiger partial charge in [0.05, 0.1) is 0 Å². The molecule has 0 amide bonds. The van der Waals surface area contributed by atoms with Crippen LogP contribution in [0.4, 0.5) is 0 Å². The Hall–Kier alpha value is 2.26. The van der Waals surface area contributed by atoms with Crippen molar-refractivity contribution in [2.45, 2.75) is 19.9 Å². The van der Waals surface area contributed by atoms with Gasteiger partial charge in [-0.25, -0.2) is 0 Å². The molecular weight excluding hydrogens is 278 g/mol. The molecule has 0 aromatic carbocycles. The van der Waals surface area contributed by atoms with E-state index in [1.807, 2.05) is 0 Å². The SMILES string of the molecule is CC(C)N(CP(=O)(O)O)CP(=O)(O)O.[Na].[Na]. The van der Waals surface area contributed by atoms with Crippen LogP contribution in [0, 0.1) is 0 Å². The molecule has 0 aliphatic rings. The summed E-state index contributed by atoms with van der Waals surface area (Å²) >= 11 is 0. The van der Waals surface area contributed by atoms with E-state index in [2.05, 4.69) is 0 Å². The van der Waals surface area contributed by atoms with Crippen molar-refractivity contribution in [2.24, 2.45) is 0 Å². The normalized spacial score (nSPS) is 12.2. The Morgan fingerprint density at radius 1 is 0.938 bits per heavy atom. The van der Waals surface area contributed by atoms with Crippen molar-refractivity contribution in [1.29, 1.82) is 0 Å². The zero-order valence-electron chi connectivity index (χ0n) is 9.94. The second-order valence-corrected chi connectivity index (χ2v) is 6.52. The Labute approximate surface area is 139 Å². The topological polar surface area (TPSA) is 118 Å². The van der Waals surface area contributed by atoms with Crippen molar-refractivity contribution in [2.75, 3.05) is 12.6 Å². The first-order valence-corrected chi connectivity index (χ1v) is 7.44. The van der Waals surface area contributed by atoms with Gasteiger partial charge in [-0.2, -0.15) is 0 Å². The van der Waals surface area contributed by atoms with Crippen LogP contribution in [0.3, 0.4) is 0 Å². The van der Waals surface area contributed by atoms with Crippen molar-refractivity contribution in [3.8, 4) is 0 Å². The first kappa shape index (κ1) is 23.4. The van der Waals surface area contributed by atoms with Crippen LogP contribution >= 0.6 is 15.2 Å². The van der Waals surface area contributed by atoms with Crippen molar-refractivity contribution < 1.29 is 28.7 Å². The van der Waals surface area contributed by atoms with Crippen LogP contribution in [0.15, 0.2) is 0 Å². The molecule has 2 radical (unpaired) electrons. The molecule has 0 aliphatic carbocycles. The zero-order chi connectivity index (χ0) is 11.6. The Bertz CT molecular complexity index is 252. The van der Waals surface area contributed by atoms with E-state index >= 15 is 0 Å². The Morgan fingerprint density at radius 3 is 1.31 bits per heavy atom. The van der Waals surface area contributed by atoms with E-state index in [0.29, 0.717) is 0 Å². The molecular formula is C5H15NNa2O6P2. The second kappa shape index (κ2) is 9.21. The summed E-state index contributed by atoms with van der Waals surface area (Å²) in [5.74, 6) is 0. The van der Waals surface area contributed by atoms with Gasteiger partial charge in [0.1, 0.15) is 12.6 Å². The molecule has 0 atom stereocenters. The summed E-state index contributed by atoms with van der Waals surface area (Å²) in [6.45, 7) is 3.20. The van der Waals surface area contributed by atoms with Gasteiger partial charge >= 0.3 is 15.2 Å². The fraction of sp³-hybridized carbons (Fsp3) is 1.00. The minimum absolute atomic E-state index is 0. The standard InChI is InChI=1S/C5H15NO6P2.2Na/c1-5(2)6(3-13(7,8)9)4-14(10,11)12;;/h5H,3-4H2,1-2H3,(H2,7,8,9)(H2,10,11,12);;. The van der Waals surface area contributed by atoms with E-state index < -0.39 is 27.8 Å². The molecule has 0 aromatic rings. The first-order chi connectivity index (χ1) is 6.01. The third-order valence-corrected chi connectivity index (χ3v) is 2.93. The largest absolute Gasteiger partial charge is 0.339 e. The molecule has 88 valence electrons. The van der Waals surface area contributed by atoms with Crippen molar-refractivity contribution in [1.82, 2.24) is 4.90 Å². The third kappa shape index (κ3) is 14.3. The quantitative estimate of drug-likeness (QED) is 0.387. The van der Waals surface area contributed by atoms with Crippen LogP contribution in [0.1, 0.15) is 13.8 Å². The van der Waals surface area contributed by atoms with Gasteiger partial charge < -0.3 is 19.6 Å². The van der Waals surface area contributed by atoms with E-state index in [0.717, 1.165) is 4.90 Å². The van der Waals surface area contributed by atoms with Gasteiger partial charge in [0, 0.05) is 65.2 Å². The summed E-state index contributed by atoms with van der Waals surface area (Å²) in [7, 11) is -8.56. The summed E-state index contributed by atoms with van der Waals surface area (Å²) in [6, 6.07) is -0.338. The van der Waals surface area contributed by atoms with E-state index in [1.165, 1.54) is 0 Å². The van der Waals surface area contributed by atoms with Crippen LogP contribution in [0.2, 0.25) is 0 Å². The molecule has 0 fully saturated rings. The Balaban J connectivity index is -0.000000845. The maximum atomic E-state index is 10.6. The maximum Gasteiger partial charge on any atom is 0.339 e. The van der Waals surface area contributed by atoms with Crippen LogP contribution in [0.25, 0.3) is 0 Å². The molecule has 0 rings (SSSR count). The van der Waals surface area contributed by atoms with Gasteiger partial charge in [-0.15, -0.1) is 0 Å². The van der Waals surface area contributed by atoms with Gasteiger partial charge in [0.2, 0.25) is 0 Å². The van der Waals surface area contributed by atoms with Crippen molar-refractivity contribution in [3.05, 3.63) is 0 Å². The van der Waals surface area contributed by atoms with Crippen LogP contribution in [-0.2, 0) is 9.13 Å². The molecule has 0 aliphatic heterocycles. The van der Waals surface area contributed by atoms with E-state index in [4.69, 9.17) is 19.6 Å². The summed E-state index contributed by atoms with van der Waals surface area (Å²) in [5.41, 5.74) is 0. The molecule has 0 bridgehead atoms. The molecule has 11 heteroatoms. The predicted molar refractivity (Wildman–Crippen MR) is 62.3 cm³/mol. The summed E-state index contributed by atoms with van der Waals surface area (Å²) in [6.07, 6.45) is -1.29. The van der Waals surface area contributed by atoms with Gasteiger partial charge in [0.15, 0.2) is 0 Å². The fourth-order valence-electron chi connectivity index (χ4n) is 0.845. The van der Waals surface area contributed by atoms with Gasteiger partial charge in [-0.3, -0.25) is 14.0 Å². The third-order valence-electron chi connectivity index (χ3n) is 1.46. The summed E-state index contributed by atoms with van der Waals surface area (Å²) < 4.78 is 21.3. The number of rotatable bonds is 5. The molecule has 0 aromatic heterocycles. The summed E-state index contributed by atoms with van der Waals surface area (Å²) in [5, 5.41) is 0. The van der Waals surface area contributed by atoms with E-state index in [-0.39, 0.29) is 65.2 Å². The molecule has 0 spiro atoms. The molecule has 0 heterocycles. The monoisotopic (exact) mass is 293 g/mol. The number of hydrogen-bond donors (Lipinski definition) is 4. The molecule has 4 N–H and O–H groups in total. The molecule has 7 nitrogen and oxygen atoms in total. The molecule has 0 unspecified atom stereocenters. The number of nitrogens with zero attached hydrogens (tertiary/aromatic N) is 1. The Kier molecular flexibility index (Phi) is 13.4. The summed E-state index contributed by atoms with van der Waals surface area (Å²) in [4.78, 5) is 35.7. The molecule has 16 heavy (non-hydrogen) atoms. The van der Waals surface area contributed by atoms with Crippen LogP contribution in [0.5, 0.6) is 0 Å². The average molecular weight is 293 g/mol. The minimum atomic E-state index is -4.28. The zero-order valence-corrected chi connectivity index (χ0v) is 15.7. The predicted octanol–water partition coefficient (Wildman–Crippen LogP) is -0.794. The van der Waals surface area contributed by atoms with Crippen molar-refractivity contribution >= 4 is 74.3 Å². The van der Waals surface area contributed by atoms with Gasteiger partial charge in [-0.05, 0) is 13.8 Å². The molecule has 0 saturated heterocycles. The second-order valence-electron chi connectivity index (χ2n) is 3.29. The minimum Gasteiger partial charge on any atom is -0.324 e.